The standard InChI is InChI=1S/C11H8F5NO2/c1-6(18)7-2-4-8(5-3-7)17-9(19)10(12,13)11(14,15)16/h2-5H,1H3,(H,17,19). The van der Waals surface area contributed by atoms with Gasteiger partial charge in [0, 0.05) is 11.3 Å². The molecular weight excluding hydrogens is 273 g/mol. The smallest absolute Gasteiger partial charge is 0.321 e. The third-order valence-electron chi connectivity index (χ3n) is 2.19. The van der Waals surface area contributed by atoms with E-state index in [2.05, 4.69) is 0 Å². The van der Waals surface area contributed by atoms with Gasteiger partial charge < -0.3 is 5.32 Å². The van der Waals surface area contributed by atoms with Crippen LogP contribution in [0.4, 0.5) is 27.6 Å². The van der Waals surface area contributed by atoms with Crippen molar-refractivity contribution in [3.63, 3.8) is 0 Å². The van der Waals surface area contributed by atoms with Crippen molar-refractivity contribution in [3.05, 3.63) is 29.8 Å². The molecule has 0 aliphatic heterocycles. The van der Waals surface area contributed by atoms with Crippen LogP contribution in [0, 0.1) is 0 Å². The summed E-state index contributed by atoms with van der Waals surface area (Å²) in [7, 11) is 0. The van der Waals surface area contributed by atoms with E-state index in [1.165, 1.54) is 24.4 Å². The molecule has 0 saturated heterocycles. The van der Waals surface area contributed by atoms with Gasteiger partial charge in [0.1, 0.15) is 0 Å². The average molecular weight is 281 g/mol. The van der Waals surface area contributed by atoms with Gasteiger partial charge in [-0.1, -0.05) is 0 Å². The zero-order valence-electron chi connectivity index (χ0n) is 9.52. The summed E-state index contributed by atoms with van der Waals surface area (Å²) in [6.07, 6.45) is -5.96. The van der Waals surface area contributed by atoms with Crippen LogP contribution in [-0.4, -0.2) is 23.8 Å². The Kier molecular flexibility index (Phi) is 3.92. The molecule has 0 aliphatic carbocycles. The van der Waals surface area contributed by atoms with E-state index in [1.807, 2.05) is 0 Å². The first-order valence-electron chi connectivity index (χ1n) is 4.92. The van der Waals surface area contributed by atoms with Crippen molar-refractivity contribution in [1.82, 2.24) is 0 Å². The Morgan fingerprint density at radius 1 is 1.00 bits per heavy atom. The number of rotatable bonds is 3. The average Bonchev–Trinajstić information content (AvgIpc) is 2.28. The molecule has 0 spiro atoms. The van der Waals surface area contributed by atoms with E-state index in [-0.39, 0.29) is 17.0 Å². The molecule has 19 heavy (non-hydrogen) atoms. The summed E-state index contributed by atoms with van der Waals surface area (Å²) in [5.41, 5.74) is -0.0282. The van der Waals surface area contributed by atoms with Gasteiger partial charge in [0.05, 0.1) is 0 Å². The summed E-state index contributed by atoms with van der Waals surface area (Å²) in [6.45, 7) is 1.26. The molecule has 8 heteroatoms. The number of amides is 1. The highest BCUT2D eigenvalue weighted by molar-refractivity contribution is 5.98. The fourth-order valence-electron chi connectivity index (χ4n) is 1.13. The van der Waals surface area contributed by atoms with Crippen molar-refractivity contribution in [2.45, 2.75) is 19.0 Å². The minimum Gasteiger partial charge on any atom is -0.321 e. The molecule has 104 valence electrons. The second-order valence-electron chi connectivity index (χ2n) is 3.66. The van der Waals surface area contributed by atoms with Crippen molar-refractivity contribution in [2.24, 2.45) is 0 Å². The molecule has 1 aromatic rings. The molecule has 0 unspecified atom stereocenters. The van der Waals surface area contributed by atoms with E-state index in [0.717, 1.165) is 12.1 Å². The van der Waals surface area contributed by atoms with Crippen LogP contribution in [-0.2, 0) is 4.79 Å². The number of benzene rings is 1. The number of alkyl halides is 5. The third kappa shape index (κ3) is 3.27. The minimum absolute atomic E-state index is 0.237. The van der Waals surface area contributed by atoms with Crippen LogP contribution in [0.3, 0.4) is 0 Å². The Bertz CT molecular complexity index is 493. The van der Waals surface area contributed by atoms with Crippen molar-refractivity contribution >= 4 is 17.4 Å². The predicted octanol–water partition coefficient (Wildman–Crippen LogP) is 3.03. The monoisotopic (exact) mass is 281 g/mol. The topological polar surface area (TPSA) is 46.2 Å². The predicted molar refractivity (Wildman–Crippen MR) is 56.1 cm³/mol. The molecule has 1 N–H and O–H groups in total. The maximum absolute atomic E-state index is 12.6. The van der Waals surface area contributed by atoms with Gasteiger partial charge in [0.25, 0.3) is 0 Å². The fourth-order valence-corrected chi connectivity index (χ4v) is 1.13. The van der Waals surface area contributed by atoms with Crippen LogP contribution < -0.4 is 5.32 Å². The number of halogens is 5. The molecule has 3 nitrogen and oxygen atoms in total. The number of carbonyl (C=O) groups is 2. The van der Waals surface area contributed by atoms with E-state index < -0.39 is 18.0 Å². The van der Waals surface area contributed by atoms with Gasteiger partial charge >= 0.3 is 18.0 Å². The lowest BCUT2D eigenvalue weighted by Crippen LogP contribution is -2.47. The molecule has 0 radical (unpaired) electrons. The van der Waals surface area contributed by atoms with Crippen LogP contribution >= 0.6 is 0 Å². The summed E-state index contributed by atoms with van der Waals surface area (Å²) in [6, 6.07) is 4.51. The van der Waals surface area contributed by atoms with Crippen LogP contribution in [0.15, 0.2) is 24.3 Å². The molecular formula is C11H8F5NO2. The first kappa shape index (κ1) is 15.1. The van der Waals surface area contributed by atoms with Crippen LogP contribution in [0.1, 0.15) is 17.3 Å². The number of anilines is 1. The number of nitrogens with one attached hydrogen (secondary N) is 1. The molecule has 0 fully saturated rings. The SMILES string of the molecule is CC(=O)c1ccc(NC(=O)C(F)(F)C(F)(F)F)cc1. The van der Waals surface area contributed by atoms with Gasteiger partial charge in [-0.05, 0) is 31.2 Å². The van der Waals surface area contributed by atoms with Gasteiger partial charge in [-0.15, -0.1) is 0 Å². The lowest BCUT2D eigenvalue weighted by Gasteiger charge is -2.18. The minimum atomic E-state index is -5.96. The highest BCUT2D eigenvalue weighted by atomic mass is 19.4. The van der Waals surface area contributed by atoms with E-state index >= 15 is 0 Å². The summed E-state index contributed by atoms with van der Waals surface area (Å²) >= 11 is 0. The zero-order chi connectivity index (χ0) is 14.8. The maximum Gasteiger partial charge on any atom is 0.463 e. The van der Waals surface area contributed by atoms with Crippen molar-refractivity contribution in [2.75, 3.05) is 5.32 Å². The third-order valence-corrected chi connectivity index (χ3v) is 2.19. The normalized spacial score (nSPS) is 12.1. The van der Waals surface area contributed by atoms with Gasteiger partial charge in [-0.3, -0.25) is 9.59 Å². The molecule has 1 aromatic carbocycles. The molecule has 0 atom stereocenters. The molecule has 1 rings (SSSR count). The Hall–Kier alpha value is -1.99. The fraction of sp³-hybridized carbons (Fsp3) is 0.273. The second-order valence-corrected chi connectivity index (χ2v) is 3.66. The van der Waals surface area contributed by atoms with Crippen molar-refractivity contribution < 1.29 is 31.5 Å². The maximum atomic E-state index is 12.6. The number of ketones is 1. The summed E-state index contributed by atoms with van der Waals surface area (Å²) in [4.78, 5) is 21.8. The quantitative estimate of drug-likeness (QED) is 0.683. The lowest BCUT2D eigenvalue weighted by molar-refractivity contribution is -0.267. The van der Waals surface area contributed by atoms with E-state index in [4.69, 9.17) is 0 Å². The molecule has 0 bridgehead atoms. The van der Waals surface area contributed by atoms with E-state index in [1.54, 1.807) is 0 Å². The summed E-state index contributed by atoms with van der Waals surface area (Å²) in [5, 5.41) is 1.43. The first-order chi connectivity index (χ1) is 8.55. The van der Waals surface area contributed by atoms with Gasteiger partial charge in [0.2, 0.25) is 0 Å². The van der Waals surface area contributed by atoms with Crippen LogP contribution in [0.2, 0.25) is 0 Å². The highest BCUT2D eigenvalue weighted by Crippen LogP contribution is 2.36. The second kappa shape index (κ2) is 4.94. The van der Waals surface area contributed by atoms with Crippen molar-refractivity contribution in [3.8, 4) is 0 Å². The summed E-state index contributed by atoms with van der Waals surface area (Å²) < 4.78 is 61.0. The van der Waals surface area contributed by atoms with E-state index in [0.29, 0.717) is 0 Å². The Labute approximate surface area is 104 Å². The zero-order valence-corrected chi connectivity index (χ0v) is 9.52. The number of hydrogen-bond acceptors (Lipinski definition) is 2. The van der Waals surface area contributed by atoms with Gasteiger partial charge in [-0.25, -0.2) is 0 Å². The van der Waals surface area contributed by atoms with E-state index in [9.17, 15) is 31.5 Å². The molecule has 0 saturated carbocycles. The number of carbonyl (C=O) groups excluding carboxylic acids is 2. The van der Waals surface area contributed by atoms with Crippen molar-refractivity contribution in [1.29, 1.82) is 0 Å². The first-order valence-corrected chi connectivity index (χ1v) is 4.92. The Balaban J connectivity index is 2.86. The number of Topliss-reactive ketones (excluding diaryl/α,β-unsaturated/α-hetero) is 1. The van der Waals surface area contributed by atoms with Gasteiger partial charge in [-0.2, -0.15) is 22.0 Å². The highest BCUT2D eigenvalue weighted by Gasteiger charge is 2.63. The summed E-state index contributed by atoms with van der Waals surface area (Å²) in [5.74, 6) is -8.26. The largest absolute Gasteiger partial charge is 0.463 e. The molecule has 0 aliphatic rings. The number of hydrogen-bond donors (Lipinski definition) is 1. The van der Waals surface area contributed by atoms with Gasteiger partial charge in [0.15, 0.2) is 5.78 Å². The Morgan fingerprint density at radius 2 is 1.47 bits per heavy atom. The van der Waals surface area contributed by atoms with Crippen LogP contribution in [0.25, 0.3) is 0 Å². The molecule has 0 heterocycles. The lowest BCUT2D eigenvalue weighted by atomic mass is 10.1. The Morgan fingerprint density at radius 3 is 1.84 bits per heavy atom. The molecule has 1 amide bonds. The molecule has 0 aromatic heterocycles. The van der Waals surface area contributed by atoms with Crippen LogP contribution in [0.5, 0.6) is 0 Å².